The number of anilines is 1. The Kier molecular flexibility index (Phi) is 5.59. The Balaban J connectivity index is 1.66. The molecule has 1 aromatic rings. The molecule has 2 aliphatic rings. The van der Waals surface area contributed by atoms with E-state index in [0.29, 0.717) is 12.1 Å². The quantitative estimate of drug-likeness (QED) is 0.771. The van der Waals surface area contributed by atoms with Gasteiger partial charge in [-0.2, -0.15) is 0 Å². The summed E-state index contributed by atoms with van der Waals surface area (Å²) in [6.45, 7) is 3.33. The van der Waals surface area contributed by atoms with Crippen LogP contribution in [0.15, 0.2) is 23.2 Å². The average molecular weight is 397 g/mol. The molecule has 3 rings (SSSR count). The number of aliphatic imine (C=N–C) groups is 1. The van der Waals surface area contributed by atoms with Gasteiger partial charge in [-0.15, -0.1) is 0 Å². The van der Waals surface area contributed by atoms with E-state index in [2.05, 4.69) is 15.6 Å². The number of rotatable bonds is 5. The van der Waals surface area contributed by atoms with E-state index in [-0.39, 0.29) is 28.7 Å². The zero-order valence-electron chi connectivity index (χ0n) is 15.2. The van der Waals surface area contributed by atoms with Crippen molar-refractivity contribution in [3.63, 3.8) is 0 Å². The second kappa shape index (κ2) is 7.58. The number of amidine groups is 1. The Bertz CT molecular complexity index is 836. The monoisotopic (exact) mass is 396 g/mol. The van der Waals surface area contributed by atoms with Gasteiger partial charge in [-0.25, -0.2) is 8.42 Å². The van der Waals surface area contributed by atoms with Crippen LogP contribution in [-0.4, -0.2) is 74.4 Å². The minimum atomic E-state index is -2.96. The van der Waals surface area contributed by atoms with Crippen LogP contribution < -0.4 is 10.6 Å². The first-order chi connectivity index (χ1) is 12.2. The van der Waals surface area contributed by atoms with Crippen molar-refractivity contribution in [1.29, 1.82) is 0 Å². The molecular formula is C17H24N4O3S2. The van der Waals surface area contributed by atoms with Gasteiger partial charge >= 0.3 is 0 Å². The SMILES string of the molecule is Cc1ccc(C(=O)NCCN(C)C)cc1NC1=N[C@@H]2CS(=O)(=O)C[C@H]2S1. The first kappa shape index (κ1) is 19.2. The number of fused-ring (bicyclic) bond motifs is 1. The Hall–Kier alpha value is -1.58. The molecule has 142 valence electrons. The fourth-order valence-corrected chi connectivity index (χ4v) is 6.59. The van der Waals surface area contributed by atoms with Crippen molar-refractivity contribution in [3.05, 3.63) is 29.3 Å². The van der Waals surface area contributed by atoms with Crippen molar-refractivity contribution in [1.82, 2.24) is 10.2 Å². The molecule has 2 atom stereocenters. The summed E-state index contributed by atoms with van der Waals surface area (Å²) in [7, 11) is 0.963. The van der Waals surface area contributed by atoms with Crippen molar-refractivity contribution in [2.24, 2.45) is 4.99 Å². The van der Waals surface area contributed by atoms with Crippen LogP contribution in [0.25, 0.3) is 0 Å². The fourth-order valence-electron chi connectivity index (χ4n) is 2.92. The van der Waals surface area contributed by atoms with Gasteiger partial charge in [-0.3, -0.25) is 9.79 Å². The van der Waals surface area contributed by atoms with Gasteiger partial charge < -0.3 is 15.5 Å². The predicted molar refractivity (Wildman–Crippen MR) is 107 cm³/mol. The molecule has 1 amide bonds. The zero-order valence-corrected chi connectivity index (χ0v) is 16.8. The highest BCUT2D eigenvalue weighted by Crippen LogP contribution is 2.35. The lowest BCUT2D eigenvalue weighted by Gasteiger charge is -2.13. The highest BCUT2D eigenvalue weighted by molar-refractivity contribution is 8.15. The number of likely N-dealkylation sites (N-methyl/N-ethyl adjacent to an activating group) is 1. The van der Waals surface area contributed by atoms with E-state index in [0.717, 1.165) is 23.0 Å². The Morgan fingerprint density at radius 2 is 2.12 bits per heavy atom. The molecule has 1 fully saturated rings. The fraction of sp³-hybridized carbons (Fsp3) is 0.529. The molecule has 0 aliphatic carbocycles. The van der Waals surface area contributed by atoms with E-state index in [4.69, 9.17) is 0 Å². The number of hydrogen-bond donors (Lipinski definition) is 2. The van der Waals surface area contributed by atoms with E-state index in [1.807, 2.05) is 38.1 Å². The summed E-state index contributed by atoms with van der Waals surface area (Å²) >= 11 is 1.47. The summed E-state index contributed by atoms with van der Waals surface area (Å²) < 4.78 is 23.3. The lowest BCUT2D eigenvalue weighted by molar-refractivity contribution is 0.0951. The molecule has 26 heavy (non-hydrogen) atoms. The van der Waals surface area contributed by atoms with E-state index >= 15 is 0 Å². The van der Waals surface area contributed by atoms with Gasteiger partial charge in [0, 0.05) is 29.6 Å². The number of sulfone groups is 1. The standard InChI is InChI=1S/C17H24N4O3S2/c1-11-4-5-12(16(22)18-6-7-21(2)3)8-13(11)19-17-20-14-9-26(23,24)10-15(14)25-17/h4-5,8,14-15H,6-7,9-10H2,1-3H3,(H,18,22)(H,19,20)/t14-,15-/m1/s1. The van der Waals surface area contributed by atoms with Gasteiger partial charge in [0.1, 0.15) is 0 Å². The number of benzene rings is 1. The highest BCUT2D eigenvalue weighted by Gasteiger charge is 2.42. The van der Waals surface area contributed by atoms with Crippen molar-refractivity contribution in [2.45, 2.75) is 18.2 Å². The molecule has 1 saturated heterocycles. The average Bonchev–Trinajstić information content (AvgIpc) is 3.01. The lowest BCUT2D eigenvalue weighted by atomic mass is 10.1. The minimum Gasteiger partial charge on any atom is -0.351 e. The van der Waals surface area contributed by atoms with Gasteiger partial charge in [-0.1, -0.05) is 17.8 Å². The van der Waals surface area contributed by atoms with Crippen LogP contribution in [0.3, 0.4) is 0 Å². The Morgan fingerprint density at radius 3 is 2.81 bits per heavy atom. The maximum absolute atomic E-state index is 12.3. The lowest BCUT2D eigenvalue weighted by Crippen LogP contribution is -2.31. The van der Waals surface area contributed by atoms with Crippen LogP contribution in [0.5, 0.6) is 0 Å². The summed E-state index contributed by atoms with van der Waals surface area (Å²) in [5, 5.41) is 6.89. The summed E-state index contributed by atoms with van der Waals surface area (Å²) in [5.41, 5.74) is 2.41. The first-order valence-electron chi connectivity index (χ1n) is 8.49. The highest BCUT2D eigenvalue weighted by atomic mass is 32.2. The summed E-state index contributed by atoms with van der Waals surface area (Å²) in [6.07, 6.45) is 0. The molecule has 2 N–H and O–H groups in total. The number of aryl methyl sites for hydroxylation is 1. The topological polar surface area (TPSA) is 90.9 Å². The third-order valence-electron chi connectivity index (χ3n) is 4.40. The molecule has 9 heteroatoms. The summed E-state index contributed by atoms with van der Waals surface area (Å²) in [6, 6.07) is 5.35. The van der Waals surface area contributed by atoms with Gasteiger partial charge in [0.2, 0.25) is 0 Å². The number of carbonyl (C=O) groups is 1. The molecular weight excluding hydrogens is 372 g/mol. The van der Waals surface area contributed by atoms with Crippen LogP contribution >= 0.6 is 11.8 Å². The maximum Gasteiger partial charge on any atom is 0.251 e. The van der Waals surface area contributed by atoms with E-state index in [1.54, 1.807) is 6.07 Å². The Labute approximate surface area is 158 Å². The van der Waals surface area contributed by atoms with Gasteiger partial charge in [0.05, 0.1) is 17.5 Å². The summed E-state index contributed by atoms with van der Waals surface area (Å²) in [5.74, 6) is 0.201. The van der Waals surface area contributed by atoms with Crippen molar-refractivity contribution >= 4 is 38.4 Å². The molecule has 7 nitrogen and oxygen atoms in total. The maximum atomic E-state index is 12.3. The van der Waals surface area contributed by atoms with Crippen molar-refractivity contribution in [3.8, 4) is 0 Å². The number of carbonyl (C=O) groups excluding carboxylic acids is 1. The molecule has 2 aliphatic heterocycles. The third-order valence-corrected chi connectivity index (χ3v) is 7.55. The zero-order chi connectivity index (χ0) is 18.9. The summed E-state index contributed by atoms with van der Waals surface area (Å²) in [4.78, 5) is 18.8. The first-order valence-corrected chi connectivity index (χ1v) is 11.2. The third kappa shape index (κ3) is 4.57. The largest absolute Gasteiger partial charge is 0.351 e. The number of amides is 1. The minimum absolute atomic E-state index is 0.000297. The molecule has 0 radical (unpaired) electrons. The van der Waals surface area contributed by atoms with Crippen molar-refractivity contribution in [2.75, 3.05) is 44.0 Å². The number of nitrogens with zero attached hydrogens (tertiary/aromatic N) is 2. The van der Waals surface area contributed by atoms with Crippen molar-refractivity contribution < 1.29 is 13.2 Å². The Morgan fingerprint density at radius 1 is 1.35 bits per heavy atom. The van der Waals surface area contributed by atoms with Crippen LogP contribution in [0.4, 0.5) is 5.69 Å². The second-order valence-corrected chi connectivity index (χ2v) is 10.3. The smallest absolute Gasteiger partial charge is 0.251 e. The van der Waals surface area contributed by atoms with Gasteiger partial charge in [-0.05, 0) is 38.7 Å². The van der Waals surface area contributed by atoms with E-state index < -0.39 is 9.84 Å². The van der Waals surface area contributed by atoms with E-state index in [1.165, 1.54) is 11.8 Å². The number of nitrogens with one attached hydrogen (secondary N) is 2. The molecule has 0 unspecified atom stereocenters. The van der Waals surface area contributed by atoms with Gasteiger partial charge in [0.25, 0.3) is 5.91 Å². The molecule has 0 bridgehead atoms. The van der Waals surface area contributed by atoms with Crippen LogP contribution in [0.1, 0.15) is 15.9 Å². The number of hydrogen-bond acceptors (Lipinski definition) is 7. The molecule has 0 aromatic heterocycles. The normalized spacial score (nSPS) is 23.6. The number of thioether (sulfide) groups is 1. The molecule has 0 spiro atoms. The van der Waals surface area contributed by atoms with Crippen LogP contribution in [0.2, 0.25) is 0 Å². The molecule has 1 aromatic carbocycles. The molecule has 2 heterocycles. The van der Waals surface area contributed by atoms with Crippen LogP contribution in [0, 0.1) is 6.92 Å². The molecule has 0 saturated carbocycles. The van der Waals surface area contributed by atoms with Crippen LogP contribution in [-0.2, 0) is 9.84 Å². The predicted octanol–water partition coefficient (Wildman–Crippen LogP) is 0.967. The van der Waals surface area contributed by atoms with E-state index in [9.17, 15) is 13.2 Å². The van der Waals surface area contributed by atoms with Gasteiger partial charge in [0.15, 0.2) is 15.0 Å². The second-order valence-electron chi connectivity index (χ2n) is 6.95.